The zero-order valence-corrected chi connectivity index (χ0v) is 11.8. The third-order valence-corrected chi connectivity index (χ3v) is 3.49. The van der Waals surface area contributed by atoms with Gasteiger partial charge in [0.25, 0.3) is 0 Å². The maximum atomic E-state index is 13.5. The summed E-state index contributed by atoms with van der Waals surface area (Å²) in [5, 5.41) is 11.4. The van der Waals surface area contributed by atoms with Crippen molar-refractivity contribution in [3.63, 3.8) is 0 Å². The van der Waals surface area contributed by atoms with Crippen molar-refractivity contribution >= 4 is 17.4 Å². The molecule has 2 nitrogen and oxygen atoms in total. The van der Waals surface area contributed by atoms with Crippen LogP contribution in [-0.2, 0) is 0 Å². The lowest BCUT2D eigenvalue weighted by Gasteiger charge is -2.08. The second-order valence-corrected chi connectivity index (χ2v) is 5.22. The fourth-order valence-corrected chi connectivity index (χ4v) is 2.21. The molecule has 0 fully saturated rings. The predicted molar refractivity (Wildman–Crippen MR) is 76.4 cm³/mol. The van der Waals surface area contributed by atoms with E-state index in [-0.39, 0.29) is 11.3 Å². The van der Waals surface area contributed by atoms with Gasteiger partial charge in [0, 0.05) is 6.54 Å². The number of nitrogens with zero attached hydrogens (tertiary/aromatic N) is 1. The molecule has 1 N–H and O–H groups in total. The maximum Gasteiger partial charge on any atom is 0.183 e. The minimum absolute atomic E-state index is 0.126. The first-order valence-corrected chi connectivity index (χ1v) is 7.71. The van der Waals surface area contributed by atoms with Gasteiger partial charge in [0.15, 0.2) is 11.6 Å². The van der Waals surface area contributed by atoms with Gasteiger partial charge in [0.2, 0.25) is 0 Å². The zero-order chi connectivity index (χ0) is 14.1. The number of unbranched alkanes of at least 4 members (excludes halogenated alkanes) is 3. The third-order valence-electron chi connectivity index (χ3n) is 2.79. The van der Waals surface area contributed by atoms with Gasteiger partial charge in [-0.1, -0.05) is 12.8 Å². The normalized spacial score (nSPS) is 10.2. The molecule has 0 aliphatic rings. The van der Waals surface area contributed by atoms with Crippen LogP contribution in [0.25, 0.3) is 0 Å². The van der Waals surface area contributed by atoms with Gasteiger partial charge in [-0.05, 0) is 37.0 Å². The zero-order valence-electron chi connectivity index (χ0n) is 11.0. The molecular weight excluding hydrogens is 266 g/mol. The Bertz CT molecular complexity index is 444. The first-order valence-electron chi connectivity index (χ1n) is 6.31. The van der Waals surface area contributed by atoms with Crippen LogP contribution in [0.1, 0.15) is 31.2 Å². The molecule has 0 radical (unpaired) electrons. The highest BCUT2D eigenvalue weighted by molar-refractivity contribution is 7.98. The van der Waals surface area contributed by atoms with Crippen LogP contribution in [0.3, 0.4) is 0 Å². The average molecular weight is 284 g/mol. The van der Waals surface area contributed by atoms with Crippen LogP contribution in [0.4, 0.5) is 14.5 Å². The van der Waals surface area contributed by atoms with E-state index in [0.29, 0.717) is 6.54 Å². The summed E-state index contributed by atoms with van der Waals surface area (Å²) in [5.41, 5.74) is -0.138. The number of hydrogen-bond donors (Lipinski definition) is 1. The molecule has 1 aromatic carbocycles. The van der Waals surface area contributed by atoms with E-state index < -0.39 is 11.6 Å². The van der Waals surface area contributed by atoms with Crippen LogP contribution >= 0.6 is 11.8 Å². The maximum absolute atomic E-state index is 13.5. The van der Waals surface area contributed by atoms with Crippen molar-refractivity contribution in [2.24, 2.45) is 0 Å². The van der Waals surface area contributed by atoms with E-state index in [1.54, 1.807) is 6.07 Å². The summed E-state index contributed by atoms with van der Waals surface area (Å²) >= 11 is 1.84. The molecular formula is C14H18F2N2S. The predicted octanol–water partition coefficient (Wildman–Crippen LogP) is 4.17. The molecule has 1 rings (SSSR count). The first kappa shape index (κ1) is 15.8. The number of thioether (sulfide) groups is 1. The summed E-state index contributed by atoms with van der Waals surface area (Å²) in [7, 11) is 0. The number of halogens is 2. The highest BCUT2D eigenvalue weighted by Gasteiger charge is 2.12. The smallest absolute Gasteiger partial charge is 0.183 e. The van der Waals surface area contributed by atoms with E-state index in [0.717, 1.165) is 19.3 Å². The SMILES string of the molecule is CSCCCCCCNc1ccc(C#N)c(F)c1F. The first-order chi connectivity index (χ1) is 9.20. The van der Waals surface area contributed by atoms with Crippen molar-refractivity contribution in [2.75, 3.05) is 23.9 Å². The Balaban J connectivity index is 2.34. The topological polar surface area (TPSA) is 35.8 Å². The quantitative estimate of drug-likeness (QED) is 0.728. The Morgan fingerprint density at radius 1 is 1.16 bits per heavy atom. The molecule has 0 atom stereocenters. The Morgan fingerprint density at radius 2 is 1.89 bits per heavy atom. The number of benzene rings is 1. The van der Waals surface area contributed by atoms with Crippen LogP contribution in [0, 0.1) is 23.0 Å². The van der Waals surface area contributed by atoms with E-state index in [4.69, 9.17) is 5.26 Å². The molecule has 0 saturated heterocycles. The highest BCUT2D eigenvalue weighted by atomic mass is 32.2. The van der Waals surface area contributed by atoms with Gasteiger partial charge in [0.1, 0.15) is 6.07 Å². The Kier molecular flexibility index (Phi) is 7.27. The van der Waals surface area contributed by atoms with Crippen molar-refractivity contribution in [1.82, 2.24) is 0 Å². The summed E-state index contributed by atoms with van der Waals surface area (Å²) in [6, 6.07) is 4.31. The van der Waals surface area contributed by atoms with Crippen LogP contribution in [0.5, 0.6) is 0 Å². The minimum Gasteiger partial charge on any atom is -0.383 e. The lowest BCUT2D eigenvalue weighted by atomic mass is 10.2. The van der Waals surface area contributed by atoms with Crippen LogP contribution in [-0.4, -0.2) is 18.6 Å². The molecule has 0 bridgehead atoms. The molecule has 0 spiro atoms. The second kappa shape index (κ2) is 8.76. The van der Waals surface area contributed by atoms with E-state index in [2.05, 4.69) is 11.6 Å². The van der Waals surface area contributed by atoms with Gasteiger partial charge >= 0.3 is 0 Å². The second-order valence-electron chi connectivity index (χ2n) is 4.23. The number of rotatable bonds is 8. The average Bonchev–Trinajstić information content (AvgIpc) is 2.42. The lowest BCUT2D eigenvalue weighted by molar-refractivity contribution is 0.508. The molecule has 104 valence electrons. The summed E-state index contributed by atoms with van der Waals surface area (Å²) in [6.45, 7) is 0.613. The van der Waals surface area contributed by atoms with E-state index in [1.807, 2.05) is 11.8 Å². The van der Waals surface area contributed by atoms with E-state index in [9.17, 15) is 8.78 Å². The van der Waals surface area contributed by atoms with Crippen molar-refractivity contribution in [1.29, 1.82) is 5.26 Å². The number of hydrogen-bond acceptors (Lipinski definition) is 3. The molecule has 0 heterocycles. The van der Waals surface area contributed by atoms with Crippen molar-refractivity contribution in [3.8, 4) is 6.07 Å². The fourth-order valence-electron chi connectivity index (χ4n) is 1.72. The Labute approximate surface area is 117 Å². The van der Waals surface area contributed by atoms with Crippen LogP contribution in [0.15, 0.2) is 12.1 Å². The van der Waals surface area contributed by atoms with Gasteiger partial charge in [-0.2, -0.15) is 17.0 Å². The minimum atomic E-state index is -1.08. The van der Waals surface area contributed by atoms with Crippen LogP contribution < -0.4 is 5.32 Å². The molecule has 0 aromatic heterocycles. The molecule has 0 saturated carbocycles. The molecule has 1 aromatic rings. The molecule has 19 heavy (non-hydrogen) atoms. The number of anilines is 1. The van der Waals surface area contributed by atoms with Crippen molar-refractivity contribution in [3.05, 3.63) is 29.3 Å². The Morgan fingerprint density at radius 3 is 2.58 bits per heavy atom. The number of nitrogens with one attached hydrogen (secondary N) is 1. The Hall–Kier alpha value is -1.28. The van der Waals surface area contributed by atoms with Gasteiger partial charge in [-0.25, -0.2) is 8.78 Å². The fraction of sp³-hybridized carbons (Fsp3) is 0.500. The monoisotopic (exact) mass is 284 g/mol. The summed E-state index contributed by atoms with van der Waals surface area (Å²) in [4.78, 5) is 0. The van der Waals surface area contributed by atoms with Crippen molar-refractivity contribution < 1.29 is 8.78 Å². The van der Waals surface area contributed by atoms with Crippen LogP contribution in [0.2, 0.25) is 0 Å². The standard InChI is InChI=1S/C14H18F2N2S/c1-19-9-5-3-2-4-8-18-12-7-6-11(10-17)13(15)14(12)16/h6-7,18H,2-5,8-9H2,1H3. The van der Waals surface area contributed by atoms with Gasteiger partial charge < -0.3 is 5.32 Å². The molecule has 0 aliphatic heterocycles. The third kappa shape index (κ3) is 5.07. The van der Waals surface area contributed by atoms with Gasteiger partial charge in [-0.3, -0.25) is 0 Å². The molecule has 0 amide bonds. The van der Waals surface area contributed by atoms with Crippen molar-refractivity contribution in [2.45, 2.75) is 25.7 Å². The largest absolute Gasteiger partial charge is 0.383 e. The summed E-state index contributed by atoms with van der Waals surface area (Å²) in [5.74, 6) is -0.878. The summed E-state index contributed by atoms with van der Waals surface area (Å²) < 4.78 is 26.9. The summed E-state index contributed by atoms with van der Waals surface area (Å²) in [6.07, 6.45) is 6.45. The van der Waals surface area contributed by atoms with Gasteiger partial charge in [0.05, 0.1) is 11.3 Å². The van der Waals surface area contributed by atoms with E-state index in [1.165, 1.54) is 24.3 Å². The molecule has 0 unspecified atom stereocenters. The molecule has 0 aliphatic carbocycles. The molecule has 5 heteroatoms. The highest BCUT2D eigenvalue weighted by Crippen LogP contribution is 2.20. The van der Waals surface area contributed by atoms with Gasteiger partial charge in [-0.15, -0.1) is 0 Å². The number of nitriles is 1. The van der Waals surface area contributed by atoms with E-state index >= 15 is 0 Å². The lowest BCUT2D eigenvalue weighted by Crippen LogP contribution is -2.05.